The molecule has 1 aromatic rings. The number of Topliss-reactive ketones (excluding diaryl/α,β-unsaturated/α-hetero) is 1. The maximum Gasteiger partial charge on any atom is 0.200 e. The Morgan fingerprint density at radius 2 is 2.09 bits per heavy atom. The zero-order valence-electron chi connectivity index (χ0n) is 12.9. The molecule has 4 heteroatoms. The number of amidine groups is 1. The molecule has 22 heavy (non-hydrogen) atoms. The number of hydrogen-bond donors (Lipinski definition) is 1. The lowest BCUT2D eigenvalue weighted by Gasteiger charge is -2.30. The number of anilines is 1. The van der Waals surface area contributed by atoms with Gasteiger partial charge in [0.2, 0.25) is 0 Å². The summed E-state index contributed by atoms with van der Waals surface area (Å²) in [6.07, 6.45) is 4.14. The van der Waals surface area contributed by atoms with Gasteiger partial charge in [-0.25, -0.2) is 0 Å². The molecule has 1 unspecified atom stereocenters. The molecule has 1 atom stereocenters. The second-order valence-electron chi connectivity index (χ2n) is 5.77. The molecule has 1 N–H and O–H groups in total. The van der Waals surface area contributed by atoms with Crippen molar-refractivity contribution in [2.24, 2.45) is 4.99 Å². The number of carbonyl (C=O) groups excluding carboxylic acids is 1. The van der Waals surface area contributed by atoms with Crippen LogP contribution in [-0.2, 0) is 4.79 Å². The number of ketones is 1. The van der Waals surface area contributed by atoms with E-state index in [0.717, 1.165) is 11.3 Å². The SMILES string of the molecule is CC=C(C)C=C1CN=C2N(c3ccccc3)CCC2(O)C1=O. The highest BCUT2D eigenvalue weighted by Gasteiger charge is 2.51. The van der Waals surface area contributed by atoms with Gasteiger partial charge in [0.15, 0.2) is 11.4 Å². The first-order chi connectivity index (χ1) is 10.6. The molecular weight excluding hydrogens is 276 g/mol. The molecule has 2 heterocycles. The van der Waals surface area contributed by atoms with Crippen LogP contribution >= 0.6 is 0 Å². The number of aliphatic imine (C=N–C) groups is 1. The number of carbonyl (C=O) groups is 1. The van der Waals surface area contributed by atoms with Crippen molar-refractivity contribution in [3.63, 3.8) is 0 Å². The van der Waals surface area contributed by atoms with E-state index >= 15 is 0 Å². The summed E-state index contributed by atoms with van der Waals surface area (Å²) < 4.78 is 0. The van der Waals surface area contributed by atoms with Crippen LogP contribution < -0.4 is 4.90 Å². The van der Waals surface area contributed by atoms with Gasteiger partial charge in [-0.3, -0.25) is 9.79 Å². The predicted octanol–water partition coefficient (Wildman–Crippen LogP) is 2.50. The Bertz CT molecular complexity index is 688. The van der Waals surface area contributed by atoms with Crippen molar-refractivity contribution in [1.82, 2.24) is 0 Å². The van der Waals surface area contributed by atoms with E-state index in [2.05, 4.69) is 4.99 Å². The van der Waals surface area contributed by atoms with Gasteiger partial charge < -0.3 is 10.0 Å². The first kappa shape index (κ1) is 14.7. The van der Waals surface area contributed by atoms with E-state index in [-0.39, 0.29) is 5.78 Å². The summed E-state index contributed by atoms with van der Waals surface area (Å²) in [6, 6.07) is 9.76. The lowest BCUT2D eigenvalue weighted by molar-refractivity contribution is -0.127. The second-order valence-corrected chi connectivity index (χ2v) is 5.77. The quantitative estimate of drug-likeness (QED) is 0.853. The molecule has 1 saturated heterocycles. The molecule has 3 rings (SSSR count). The molecule has 0 bridgehead atoms. The molecule has 0 radical (unpaired) electrons. The average molecular weight is 296 g/mol. The van der Waals surface area contributed by atoms with Crippen LogP contribution in [0.3, 0.4) is 0 Å². The van der Waals surface area contributed by atoms with Gasteiger partial charge in [0.05, 0.1) is 6.54 Å². The summed E-state index contributed by atoms with van der Waals surface area (Å²) >= 11 is 0. The first-order valence-corrected chi connectivity index (χ1v) is 7.54. The largest absolute Gasteiger partial charge is 0.374 e. The maximum atomic E-state index is 12.7. The highest BCUT2D eigenvalue weighted by Crippen LogP contribution is 2.34. The summed E-state index contributed by atoms with van der Waals surface area (Å²) in [5.74, 6) is 0.274. The van der Waals surface area contributed by atoms with Crippen molar-refractivity contribution >= 4 is 17.3 Å². The molecular formula is C18H20N2O2. The zero-order chi connectivity index (χ0) is 15.7. The summed E-state index contributed by atoms with van der Waals surface area (Å²) in [5.41, 5.74) is 1.07. The summed E-state index contributed by atoms with van der Waals surface area (Å²) in [4.78, 5) is 19.2. The van der Waals surface area contributed by atoms with E-state index in [1.165, 1.54) is 0 Å². The Balaban J connectivity index is 1.98. The number of rotatable bonds is 2. The van der Waals surface area contributed by atoms with Crippen molar-refractivity contribution in [2.45, 2.75) is 25.9 Å². The lowest BCUT2D eigenvalue weighted by atomic mass is 9.87. The molecule has 0 aromatic heterocycles. The zero-order valence-corrected chi connectivity index (χ0v) is 12.9. The van der Waals surface area contributed by atoms with Crippen molar-refractivity contribution in [3.8, 4) is 0 Å². The normalized spacial score (nSPS) is 27.1. The monoisotopic (exact) mass is 296 g/mol. The van der Waals surface area contributed by atoms with E-state index < -0.39 is 5.60 Å². The fraction of sp³-hybridized carbons (Fsp3) is 0.333. The fourth-order valence-corrected chi connectivity index (χ4v) is 2.97. The van der Waals surface area contributed by atoms with Gasteiger partial charge in [0.25, 0.3) is 0 Å². The molecule has 0 aliphatic carbocycles. The molecule has 2 aliphatic rings. The van der Waals surface area contributed by atoms with Crippen molar-refractivity contribution < 1.29 is 9.90 Å². The van der Waals surface area contributed by atoms with E-state index in [4.69, 9.17) is 0 Å². The topological polar surface area (TPSA) is 52.9 Å². The average Bonchev–Trinajstić information content (AvgIpc) is 2.89. The van der Waals surface area contributed by atoms with Crippen LogP contribution in [0.15, 0.2) is 58.6 Å². The molecule has 2 aliphatic heterocycles. The number of benzene rings is 1. The summed E-state index contributed by atoms with van der Waals surface area (Å²) in [5, 5.41) is 10.9. The Morgan fingerprint density at radius 3 is 2.77 bits per heavy atom. The van der Waals surface area contributed by atoms with E-state index in [1.807, 2.05) is 61.2 Å². The van der Waals surface area contributed by atoms with Crippen LogP contribution in [0, 0.1) is 0 Å². The second kappa shape index (κ2) is 5.54. The van der Waals surface area contributed by atoms with Gasteiger partial charge in [0.1, 0.15) is 5.84 Å². The number of aliphatic hydroxyl groups is 1. The first-order valence-electron chi connectivity index (χ1n) is 7.54. The molecule has 1 aromatic carbocycles. The van der Waals surface area contributed by atoms with Crippen molar-refractivity contribution in [2.75, 3.05) is 18.0 Å². The van der Waals surface area contributed by atoms with E-state index in [9.17, 15) is 9.90 Å². The minimum absolute atomic E-state index is 0.211. The van der Waals surface area contributed by atoms with Gasteiger partial charge in [-0.15, -0.1) is 0 Å². The Kier molecular flexibility index (Phi) is 3.71. The lowest BCUT2D eigenvalue weighted by Crippen LogP contribution is -2.50. The Hall–Kier alpha value is -2.20. The standard InChI is InChI=1S/C18H20N2O2/c1-3-13(2)11-14-12-19-17-18(22,16(14)21)9-10-20(17)15-7-5-4-6-8-15/h3-8,11,22H,9-10,12H2,1-2H3. The van der Waals surface area contributed by atoms with Crippen LogP contribution in [0.4, 0.5) is 5.69 Å². The number of hydrogen-bond acceptors (Lipinski definition) is 4. The smallest absolute Gasteiger partial charge is 0.200 e. The van der Waals surface area contributed by atoms with Crippen LogP contribution in [0.5, 0.6) is 0 Å². The Labute approximate surface area is 130 Å². The van der Waals surface area contributed by atoms with Crippen LogP contribution in [0.25, 0.3) is 0 Å². The molecule has 0 amide bonds. The minimum atomic E-state index is -1.48. The third-order valence-corrected chi connectivity index (χ3v) is 4.31. The van der Waals surface area contributed by atoms with Gasteiger partial charge in [-0.1, -0.05) is 35.9 Å². The van der Waals surface area contributed by atoms with Gasteiger partial charge >= 0.3 is 0 Å². The third kappa shape index (κ3) is 2.29. The molecule has 0 spiro atoms. The van der Waals surface area contributed by atoms with Crippen LogP contribution in [0.2, 0.25) is 0 Å². The number of para-hydroxylation sites is 1. The van der Waals surface area contributed by atoms with Gasteiger partial charge in [0, 0.05) is 24.2 Å². The van der Waals surface area contributed by atoms with E-state index in [0.29, 0.717) is 30.9 Å². The minimum Gasteiger partial charge on any atom is -0.374 e. The molecule has 1 fully saturated rings. The van der Waals surface area contributed by atoms with Crippen LogP contribution in [-0.4, -0.2) is 35.4 Å². The molecule has 4 nitrogen and oxygen atoms in total. The molecule has 0 saturated carbocycles. The van der Waals surface area contributed by atoms with E-state index in [1.54, 1.807) is 0 Å². The highest BCUT2D eigenvalue weighted by molar-refractivity contribution is 6.25. The van der Waals surface area contributed by atoms with Crippen molar-refractivity contribution in [3.05, 3.63) is 53.6 Å². The Morgan fingerprint density at radius 1 is 1.36 bits per heavy atom. The number of allylic oxidation sites excluding steroid dienone is 3. The third-order valence-electron chi connectivity index (χ3n) is 4.31. The fourth-order valence-electron chi connectivity index (χ4n) is 2.97. The number of fused-ring (bicyclic) bond motifs is 1. The van der Waals surface area contributed by atoms with Gasteiger partial charge in [-0.2, -0.15) is 0 Å². The van der Waals surface area contributed by atoms with Crippen LogP contribution in [0.1, 0.15) is 20.3 Å². The molecule has 114 valence electrons. The van der Waals surface area contributed by atoms with Crippen molar-refractivity contribution in [1.29, 1.82) is 0 Å². The summed E-state index contributed by atoms with van der Waals surface area (Å²) in [7, 11) is 0. The van der Waals surface area contributed by atoms with Gasteiger partial charge in [-0.05, 0) is 26.0 Å². The predicted molar refractivity (Wildman–Crippen MR) is 88.2 cm³/mol. The summed E-state index contributed by atoms with van der Waals surface area (Å²) in [6.45, 7) is 4.79. The number of nitrogens with zero attached hydrogens (tertiary/aromatic N) is 2. The highest BCUT2D eigenvalue weighted by atomic mass is 16.3. The maximum absolute atomic E-state index is 12.7.